The molecule has 0 aliphatic carbocycles. The fourth-order valence-electron chi connectivity index (χ4n) is 2.68. The van der Waals surface area contributed by atoms with E-state index in [-0.39, 0.29) is 11.9 Å². The molecule has 0 saturated heterocycles. The molecule has 3 aromatic rings. The molecule has 7 nitrogen and oxygen atoms in total. The molecular formula is C18H19N5O2. The number of nitrogens with one attached hydrogen (secondary N) is 1. The lowest BCUT2D eigenvalue weighted by Crippen LogP contribution is -2.28. The van der Waals surface area contributed by atoms with Gasteiger partial charge in [0.15, 0.2) is 0 Å². The summed E-state index contributed by atoms with van der Waals surface area (Å²) < 4.78 is 6.87. The van der Waals surface area contributed by atoms with Crippen molar-refractivity contribution < 1.29 is 9.53 Å². The van der Waals surface area contributed by atoms with Gasteiger partial charge >= 0.3 is 0 Å². The third-order valence-electron chi connectivity index (χ3n) is 3.94. The van der Waals surface area contributed by atoms with Gasteiger partial charge in [-0.25, -0.2) is 0 Å². The van der Waals surface area contributed by atoms with Gasteiger partial charge in [0.05, 0.1) is 24.4 Å². The van der Waals surface area contributed by atoms with Crippen molar-refractivity contribution in [3.05, 3.63) is 65.5 Å². The normalized spacial score (nSPS) is 11.8. The summed E-state index contributed by atoms with van der Waals surface area (Å²) in [6, 6.07) is 12.9. The average Bonchev–Trinajstić information content (AvgIpc) is 3.16. The fourth-order valence-corrected chi connectivity index (χ4v) is 2.68. The van der Waals surface area contributed by atoms with Gasteiger partial charge in [0.2, 0.25) is 0 Å². The first kappa shape index (κ1) is 16.6. The highest BCUT2D eigenvalue weighted by Gasteiger charge is 2.18. The van der Waals surface area contributed by atoms with E-state index in [9.17, 15) is 4.79 Å². The molecule has 1 aromatic heterocycles. The molecule has 25 heavy (non-hydrogen) atoms. The van der Waals surface area contributed by atoms with Crippen LogP contribution in [0.5, 0.6) is 5.75 Å². The van der Waals surface area contributed by atoms with Crippen molar-refractivity contribution in [1.82, 2.24) is 25.5 Å². The van der Waals surface area contributed by atoms with Gasteiger partial charge in [-0.1, -0.05) is 29.8 Å². The number of tetrazole rings is 1. The molecule has 0 aliphatic rings. The van der Waals surface area contributed by atoms with E-state index in [0.29, 0.717) is 11.3 Å². The molecule has 1 atom stereocenters. The van der Waals surface area contributed by atoms with Crippen LogP contribution in [0.2, 0.25) is 0 Å². The molecule has 128 valence electrons. The Labute approximate surface area is 145 Å². The number of carbonyl (C=O) groups is 1. The van der Waals surface area contributed by atoms with E-state index in [4.69, 9.17) is 4.74 Å². The number of benzene rings is 2. The Kier molecular flexibility index (Phi) is 4.74. The maximum atomic E-state index is 12.8. The molecule has 1 N–H and O–H groups in total. The Morgan fingerprint density at radius 2 is 2.04 bits per heavy atom. The van der Waals surface area contributed by atoms with Gasteiger partial charge in [-0.3, -0.25) is 4.79 Å². The quantitative estimate of drug-likeness (QED) is 0.773. The smallest absolute Gasteiger partial charge is 0.253 e. The van der Waals surface area contributed by atoms with E-state index < -0.39 is 0 Å². The molecular weight excluding hydrogens is 318 g/mol. The molecule has 2 aromatic carbocycles. The summed E-state index contributed by atoms with van der Waals surface area (Å²) in [6.45, 7) is 3.93. The fraction of sp³-hybridized carbons (Fsp3) is 0.222. The summed E-state index contributed by atoms with van der Waals surface area (Å²) in [4.78, 5) is 12.8. The molecule has 0 aliphatic heterocycles. The molecule has 1 amide bonds. The maximum Gasteiger partial charge on any atom is 0.253 e. The monoisotopic (exact) mass is 337 g/mol. The van der Waals surface area contributed by atoms with Crippen LogP contribution in [-0.4, -0.2) is 33.2 Å². The lowest BCUT2D eigenvalue weighted by molar-refractivity contribution is 0.0939. The Hall–Kier alpha value is -3.22. The second-order valence-corrected chi connectivity index (χ2v) is 5.71. The molecule has 0 radical (unpaired) electrons. The summed E-state index contributed by atoms with van der Waals surface area (Å²) >= 11 is 0. The predicted molar refractivity (Wildman–Crippen MR) is 92.8 cm³/mol. The minimum Gasteiger partial charge on any atom is -0.496 e. The van der Waals surface area contributed by atoms with Crippen LogP contribution in [0, 0.1) is 6.92 Å². The van der Waals surface area contributed by atoms with Crippen LogP contribution in [0.1, 0.15) is 34.5 Å². The molecule has 0 saturated carbocycles. The molecule has 3 rings (SSSR count). The average molecular weight is 337 g/mol. The number of aryl methyl sites for hydroxylation is 1. The first-order valence-corrected chi connectivity index (χ1v) is 7.88. The molecule has 1 heterocycles. The lowest BCUT2D eigenvalue weighted by atomic mass is 10.0. The topological polar surface area (TPSA) is 81.9 Å². The van der Waals surface area contributed by atoms with E-state index in [2.05, 4.69) is 20.8 Å². The zero-order valence-electron chi connectivity index (χ0n) is 14.3. The van der Waals surface area contributed by atoms with Crippen LogP contribution in [-0.2, 0) is 0 Å². The third kappa shape index (κ3) is 3.50. The Bertz CT molecular complexity index is 877. The van der Waals surface area contributed by atoms with Crippen LogP contribution in [0.4, 0.5) is 0 Å². The van der Waals surface area contributed by atoms with Crippen LogP contribution in [0.15, 0.2) is 48.8 Å². The standard InChI is InChI=1S/C18H19N5O2/c1-12-8-9-17(25-3)15(10-12)13(2)20-18(24)14-6-4-5-7-16(14)23-11-19-21-22-23/h4-11,13H,1-3H3,(H,20,24)/t13-/m1/s1. The van der Waals surface area contributed by atoms with Gasteiger partial charge in [-0.05, 0) is 42.5 Å². The Balaban J connectivity index is 1.87. The number of para-hydroxylation sites is 1. The zero-order valence-corrected chi connectivity index (χ0v) is 14.3. The number of methoxy groups -OCH3 is 1. The first-order chi connectivity index (χ1) is 12.1. The number of aromatic nitrogens is 4. The van der Waals surface area contributed by atoms with Gasteiger partial charge in [0.1, 0.15) is 12.1 Å². The number of carbonyl (C=O) groups excluding carboxylic acids is 1. The maximum absolute atomic E-state index is 12.8. The van der Waals surface area contributed by atoms with Crippen molar-refractivity contribution >= 4 is 5.91 Å². The van der Waals surface area contributed by atoms with E-state index in [1.165, 1.54) is 11.0 Å². The Morgan fingerprint density at radius 3 is 2.76 bits per heavy atom. The summed E-state index contributed by atoms with van der Waals surface area (Å²) in [5.74, 6) is 0.536. The van der Waals surface area contributed by atoms with Crippen molar-refractivity contribution in [1.29, 1.82) is 0 Å². The summed E-state index contributed by atoms with van der Waals surface area (Å²) in [5.41, 5.74) is 3.14. The second-order valence-electron chi connectivity index (χ2n) is 5.71. The van der Waals surface area contributed by atoms with Crippen molar-refractivity contribution in [3.63, 3.8) is 0 Å². The predicted octanol–water partition coefficient (Wildman–Crippen LogP) is 2.47. The second kappa shape index (κ2) is 7.12. The number of hydrogen-bond acceptors (Lipinski definition) is 5. The number of rotatable bonds is 5. The minimum atomic E-state index is -0.218. The highest BCUT2D eigenvalue weighted by atomic mass is 16.5. The largest absolute Gasteiger partial charge is 0.496 e. The number of ether oxygens (including phenoxy) is 1. The SMILES string of the molecule is COc1ccc(C)cc1[C@@H](C)NC(=O)c1ccccc1-n1cnnn1. The summed E-state index contributed by atoms with van der Waals surface area (Å²) in [7, 11) is 1.62. The van der Waals surface area contributed by atoms with Crippen molar-refractivity contribution in [3.8, 4) is 11.4 Å². The highest BCUT2D eigenvalue weighted by Crippen LogP contribution is 2.26. The van der Waals surface area contributed by atoms with Crippen LogP contribution in [0.3, 0.4) is 0 Å². The van der Waals surface area contributed by atoms with Gasteiger partial charge in [-0.2, -0.15) is 4.68 Å². The third-order valence-corrected chi connectivity index (χ3v) is 3.94. The highest BCUT2D eigenvalue weighted by molar-refractivity contribution is 5.98. The van der Waals surface area contributed by atoms with Gasteiger partial charge in [0.25, 0.3) is 5.91 Å². The van der Waals surface area contributed by atoms with Gasteiger partial charge in [-0.15, -0.1) is 5.10 Å². The van der Waals surface area contributed by atoms with Crippen molar-refractivity contribution in [2.45, 2.75) is 19.9 Å². The first-order valence-electron chi connectivity index (χ1n) is 7.88. The molecule has 0 bridgehead atoms. The summed E-state index contributed by atoms with van der Waals surface area (Å²) in [6.07, 6.45) is 1.46. The van der Waals surface area contributed by atoms with Crippen molar-refractivity contribution in [2.75, 3.05) is 7.11 Å². The molecule has 0 spiro atoms. The van der Waals surface area contributed by atoms with Crippen LogP contribution >= 0.6 is 0 Å². The van der Waals surface area contributed by atoms with E-state index in [1.807, 2.05) is 38.1 Å². The van der Waals surface area contributed by atoms with Gasteiger partial charge < -0.3 is 10.1 Å². The molecule has 7 heteroatoms. The molecule has 0 unspecified atom stereocenters. The Morgan fingerprint density at radius 1 is 1.24 bits per heavy atom. The summed E-state index contributed by atoms with van der Waals surface area (Å²) in [5, 5.41) is 14.1. The van der Waals surface area contributed by atoms with Gasteiger partial charge in [0, 0.05) is 5.56 Å². The lowest BCUT2D eigenvalue weighted by Gasteiger charge is -2.19. The number of hydrogen-bond donors (Lipinski definition) is 1. The van der Waals surface area contributed by atoms with E-state index in [0.717, 1.165) is 16.9 Å². The van der Waals surface area contributed by atoms with Crippen molar-refractivity contribution in [2.24, 2.45) is 0 Å². The zero-order chi connectivity index (χ0) is 17.8. The minimum absolute atomic E-state index is 0.206. The van der Waals surface area contributed by atoms with E-state index >= 15 is 0 Å². The molecule has 0 fully saturated rings. The van der Waals surface area contributed by atoms with Crippen LogP contribution < -0.4 is 10.1 Å². The number of nitrogens with zero attached hydrogens (tertiary/aromatic N) is 4. The van der Waals surface area contributed by atoms with E-state index in [1.54, 1.807) is 25.3 Å². The number of amides is 1. The van der Waals surface area contributed by atoms with Crippen LogP contribution in [0.25, 0.3) is 5.69 Å².